The molecule has 1 saturated carbocycles. The molecule has 1 saturated heterocycles. The van der Waals surface area contributed by atoms with Gasteiger partial charge in [0.25, 0.3) is 0 Å². The van der Waals surface area contributed by atoms with Crippen LogP contribution in [0.15, 0.2) is 0 Å². The van der Waals surface area contributed by atoms with E-state index in [1.165, 1.54) is 0 Å². The molecule has 10 heavy (non-hydrogen) atoms. The third kappa shape index (κ3) is 0.697. The van der Waals surface area contributed by atoms with Crippen molar-refractivity contribution in [1.29, 1.82) is 0 Å². The molecule has 1 aliphatic heterocycles. The Morgan fingerprint density at radius 1 is 1.30 bits per heavy atom. The largest absolute Gasteiger partial charge is 0.482 e. The first kappa shape index (κ1) is 6.52. The molecule has 0 N–H and O–H groups in total. The first-order valence-corrected chi connectivity index (χ1v) is 3.32. The molecule has 1 nitrogen and oxygen atoms in total. The van der Waals surface area contributed by atoms with Crippen molar-refractivity contribution in [3.63, 3.8) is 0 Å². The number of hydrogen-bond donors (Lipinski definition) is 0. The highest BCUT2D eigenvalue weighted by molar-refractivity contribution is 6.61. The fourth-order valence-electron chi connectivity index (χ4n) is 1.61. The minimum atomic E-state index is -4.58. The van der Waals surface area contributed by atoms with Crippen LogP contribution in [0.5, 0.6) is 0 Å². The molecule has 0 amide bonds. The second-order valence-corrected chi connectivity index (χ2v) is 3.29. The van der Waals surface area contributed by atoms with Crippen LogP contribution in [0.1, 0.15) is 6.42 Å². The van der Waals surface area contributed by atoms with E-state index >= 15 is 0 Å². The fourth-order valence-corrected chi connectivity index (χ4v) is 1.61. The lowest BCUT2D eigenvalue weighted by Crippen LogP contribution is -2.34. The Morgan fingerprint density at radius 3 is 2.00 bits per heavy atom. The van der Waals surface area contributed by atoms with Gasteiger partial charge in [0.2, 0.25) is 0 Å². The van der Waals surface area contributed by atoms with Crippen LogP contribution in [-0.2, 0) is 4.74 Å². The van der Waals surface area contributed by atoms with E-state index in [4.69, 9.17) is 4.74 Å². The number of ether oxygens (including phenoxy) is 1. The van der Waals surface area contributed by atoms with E-state index in [0.717, 1.165) is 0 Å². The van der Waals surface area contributed by atoms with Gasteiger partial charge in [0.1, 0.15) is 0 Å². The van der Waals surface area contributed by atoms with Gasteiger partial charge in [0, 0.05) is 0 Å². The lowest BCUT2D eigenvalue weighted by Gasteiger charge is -2.30. The quantitative estimate of drug-likeness (QED) is 0.517. The first-order valence-electron chi connectivity index (χ1n) is 3.32. The Balaban J connectivity index is 2.01. The molecule has 2 fully saturated rings. The zero-order chi connectivity index (χ0) is 7.41. The lowest BCUT2D eigenvalue weighted by molar-refractivity contribution is -0.0510. The molecule has 2 aliphatic rings. The van der Waals surface area contributed by atoms with E-state index in [0.29, 0.717) is 19.6 Å². The maximum Gasteiger partial charge on any atom is 0.482 e. The van der Waals surface area contributed by atoms with Crippen molar-refractivity contribution in [3.8, 4) is 0 Å². The fraction of sp³-hybridized carbons (Fsp3) is 1.00. The summed E-state index contributed by atoms with van der Waals surface area (Å²) in [6, 6.07) is 0. The van der Waals surface area contributed by atoms with Crippen molar-refractivity contribution >= 4 is 6.98 Å². The summed E-state index contributed by atoms with van der Waals surface area (Å²) in [6.07, 6.45) is 0.316. The minimum absolute atomic E-state index is 0.316. The molecule has 0 aromatic carbocycles. The monoisotopic (exact) mass is 151 g/mol. The van der Waals surface area contributed by atoms with E-state index in [1.54, 1.807) is 0 Å². The summed E-state index contributed by atoms with van der Waals surface area (Å²) in [5.41, 5.74) is -0.446. The van der Waals surface area contributed by atoms with Crippen molar-refractivity contribution in [3.05, 3.63) is 0 Å². The molecular formula is C5H7BF3O-. The van der Waals surface area contributed by atoms with Gasteiger partial charge in [0.15, 0.2) is 0 Å². The van der Waals surface area contributed by atoms with Crippen molar-refractivity contribution in [2.75, 3.05) is 13.2 Å². The second-order valence-electron chi connectivity index (χ2n) is 3.29. The molecular weight excluding hydrogens is 144 g/mol. The molecule has 1 spiro atoms. The Morgan fingerprint density at radius 2 is 1.90 bits per heavy atom. The lowest BCUT2D eigenvalue weighted by atomic mass is 9.77. The zero-order valence-electron chi connectivity index (χ0n) is 5.32. The van der Waals surface area contributed by atoms with Crippen LogP contribution < -0.4 is 0 Å². The summed E-state index contributed by atoms with van der Waals surface area (Å²) in [6.45, 7) is -3.91. The molecule has 0 radical (unpaired) electrons. The third-order valence-electron chi connectivity index (χ3n) is 2.49. The van der Waals surface area contributed by atoms with Crippen molar-refractivity contribution < 1.29 is 17.7 Å². The second kappa shape index (κ2) is 1.52. The summed E-state index contributed by atoms with van der Waals surface area (Å²) in [4.78, 5) is 0. The van der Waals surface area contributed by atoms with Crippen LogP contribution in [0.25, 0.3) is 0 Å². The van der Waals surface area contributed by atoms with Gasteiger partial charge in [-0.3, -0.25) is 0 Å². The standard InChI is InChI=1S/C5H7BF3O/c7-6(8,9)4-1-5(4)2-10-3-5/h4H,1-3H2/q-1. The van der Waals surface area contributed by atoms with Crippen LogP contribution in [0.2, 0.25) is 5.82 Å². The molecule has 58 valence electrons. The molecule has 1 aliphatic carbocycles. The van der Waals surface area contributed by atoms with Crippen molar-refractivity contribution in [1.82, 2.24) is 0 Å². The van der Waals surface area contributed by atoms with Gasteiger partial charge in [-0.15, -0.1) is 0 Å². The van der Waals surface area contributed by atoms with E-state index in [-0.39, 0.29) is 0 Å². The highest BCUT2D eigenvalue weighted by atomic mass is 19.4. The van der Waals surface area contributed by atoms with E-state index < -0.39 is 18.2 Å². The predicted molar refractivity (Wildman–Crippen MR) is 30.7 cm³/mol. The zero-order valence-corrected chi connectivity index (χ0v) is 5.32. The summed E-state index contributed by atoms with van der Waals surface area (Å²) < 4.78 is 40.6. The summed E-state index contributed by atoms with van der Waals surface area (Å²) >= 11 is 0. The van der Waals surface area contributed by atoms with Gasteiger partial charge in [-0.2, -0.15) is 0 Å². The number of halogens is 3. The molecule has 1 atom stereocenters. The molecule has 5 heteroatoms. The topological polar surface area (TPSA) is 9.23 Å². The predicted octanol–water partition coefficient (Wildman–Crippen LogP) is 1.62. The average molecular weight is 151 g/mol. The minimum Gasteiger partial charge on any atom is -0.449 e. The van der Waals surface area contributed by atoms with Gasteiger partial charge in [-0.1, -0.05) is 12.2 Å². The number of rotatable bonds is 1. The normalized spacial score (nSPS) is 35.7. The average Bonchev–Trinajstić information content (AvgIpc) is 2.30. The number of hydrogen-bond acceptors (Lipinski definition) is 1. The highest BCUT2D eigenvalue weighted by Crippen LogP contribution is 2.67. The highest BCUT2D eigenvalue weighted by Gasteiger charge is 2.65. The van der Waals surface area contributed by atoms with Crippen molar-refractivity contribution in [2.24, 2.45) is 5.41 Å². The van der Waals surface area contributed by atoms with Crippen LogP contribution in [-0.4, -0.2) is 20.2 Å². The van der Waals surface area contributed by atoms with Gasteiger partial charge < -0.3 is 17.7 Å². The maximum absolute atomic E-state index is 12.0. The molecule has 0 aromatic heterocycles. The summed E-state index contributed by atoms with van der Waals surface area (Å²) in [5.74, 6) is -0.999. The van der Waals surface area contributed by atoms with Crippen LogP contribution in [0, 0.1) is 5.41 Å². The smallest absolute Gasteiger partial charge is 0.449 e. The maximum atomic E-state index is 12.0. The molecule has 1 unspecified atom stereocenters. The van der Waals surface area contributed by atoms with Gasteiger partial charge in [-0.25, -0.2) is 0 Å². The molecule has 0 aromatic rings. The van der Waals surface area contributed by atoms with Gasteiger partial charge in [0.05, 0.1) is 13.2 Å². The SMILES string of the molecule is F[B-](F)(F)C1CC12COC2. The third-order valence-corrected chi connectivity index (χ3v) is 2.49. The van der Waals surface area contributed by atoms with E-state index in [9.17, 15) is 12.9 Å². The molecule has 2 rings (SSSR count). The van der Waals surface area contributed by atoms with Crippen LogP contribution in [0.4, 0.5) is 12.9 Å². The van der Waals surface area contributed by atoms with Crippen LogP contribution in [0.3, 0.4) is 0 Å². The first-order chi connectivity index (χ1) is 4.55. The van der Waals surface area contributed by atoms with Crippen molar-refractivity contribution in [2.45, 2.75) is 12.2 Å². The summed E-state index contributed by atoms with van der Waals surface area (Å²) in [7, 11) is 0. The van der Waals surface area contributed by atoms with Gasteiger partial charge in [-0.05, 0) is 5.41 Å². The van der Waals surface area contributed by atoms with E-state index in [1.807, 2.05) is 0 Å². The Bertz CT molecular complexity index is 163. The van der Waals surface area contributed by atoms with E-state index in [2.05, 4.69) is 0 Å². The molecule has 1 heterocycles. The Labute approximate surface area is 56.6 Å². The van der Waals surface area contributed by atoms with Crippen LogP contribution >= 0.6 is 0 Å². The summed E-state index contributed by atoms with van der Waals surface area (Å²) in [5, 5.41) is 0. The van der Waals surface area contributed by atoms with Gasteiger partial charge >= 0.3 is 6.98 Å². The Kier molecular flexibility index (Phi) is 0.992. The molecule has 0 bridgehead atoms. The Hall–Kier alpha value is -0.185.